The van der Waals surface area contributed by atoms with E-state index in [1.165, 1.54) is 14.2 Å². The summed E-state index contributed by atoms with van der Waals surface area (Å²) in [4.78, 5) is 24.0. The molecule has 4 fully saturated rings. The van der Waals surface area contributed by atoms with Crippen molar-refractivity contribution in [2.24, 2.45) is 22.7 Å². The first kappa shape index (κ1) is 11.1. The fourth-order valence-electron chi connectivity index (χ4n) is 4.42. The molecule has 0 aliphatic heterocycles. The number of ether oxygens (including phenoxy) is 2. The van der Waals surface area contributed by atoms with Gasteiger partial charge in [-0.05, 0) is 43.9 Å². The number of carbonyl (C=O) groups excluding carboxylic acids is 2. The third-order valence-corrected chi connectivity index (χ3v) is 5.43. The summed E-state index contributed by atoms with van der Waals surface area (Å²) in [7, 11) is 2.93. The van der Waals surface area contributed by atoms with Gasteiger partial charge in [-0.3, -0.25) is 9.59 Å². The van der Waals surface area contributed by atoms with Gasteiger partial charge in [-0.25, -0.2) is 0 Å². The fraction of sp³-hybridized carbons (Fsp3) is 0.846. The molecule has 0 saturated heterocycles. The second-order valence-electron chi connectivity index (χ2n) is 5.74. The van der Waals surface area contributed by atoms with Crippen molar-refractivity contribution in [3.63, 3.8) is 0 Å². The normalized spacial score (nSPS) is 46.0. The Balaban J connectivity index is 1.91. The standard InChI is InChI=1S/C13H18O4/c1-16-10(14)12-3-5-13(6-4-12,11(15)17-2)9-7-8(9)12/h8-9H,3-7H2,1-2H3. The Morgan fingerprint density at radius 3 is 1.53 bits per heavy atom. The highest BCUT2D eigenvalue weighted by atomic mass is 16.5. The van der Waals surface area contributed by atoms with Crippen LogP contribution in [-0.4, -0.2) is 26.2 Å². The molecular formula is C13H18O4. The van der Waals surface area contributed by atoms with Gasteiger partial charge in [0.1, 0.15) is 0 Å². The van der Waals surface area contributed by atoms with Crippen molar-refractivity contribution in [3.05, 3.63) is 0 Å². The summed E-state index contributed by atoms with van der Waals surface area (Å²) < 4.78 is 9.94. The largest absolute Gasteiger partial charge is 0.469 e. The molecule has 0 radical (unpaired) electrons. The highest BCUT2D eigenvalue weighted by Crippen LogP contribution is 2.73. The molecule has 0 aromatic rings. The van der Waals surface area contributed by atoms with Gasteiger partial charge in [0.05, 0.1) is 25.0 Å². The minimum Gasteiger partial charge on any atom is -0.469 e. The zero-order valence-electron chi connectivity index (χ0n) is 10.3. The van der Waals surface area contributed by atoms with Crippen molar-refractivity contribution >= 4 is 11.9 Å². The Hall–Kier alpha value is -1.06. The van der Waals surface area contributed by atoms with Crippen molar-refractivity contribution in [1.29, 1.82) is 0 Å². The molecule has 4 rings (SSSR count). The van der Waals surface area contributed by atoms with Crippen LogP contribution in [0.4, 0.5) is 0 Å². The molecule has 4 aliphatic rings. The van der Waals surface area contributed by atoms with Crippen LogP contribution in [0.15, 0.2) is 0 Å². The molecule has 17 heavy (non-hydrogen) atoms. The van der Waals surface area contributed by atoms with Gasteiger partial charge in [0.25, 0.3) is 0 Å². The third-order valence-electron chi connectivity index (χ3n) is 5.43. The Labute approximate surface area is 101 Å². The summed E-state index contributed by atoms with van der Waals surface area (Å²) in [6, 6.07) is 0. The van der Waals surface area contributed by atoms with Crippen LogP contribution in [0.2, 0.25) is 0 Å². The van der Waals surface area contributed by atoms with E-state index in [1.807, 2.05) is 0 Å². The van der Waals surface area contributed by atoms with Crippen LogP contribution in [0, 0.1) is 22.7 Å². The predicted molar refractivity (Wildman–Crippen MR) is 59.0 cm³/mol. The lowest BCUT2D eigenvalue weighted by Gasteiger charge is -2.49. The van der Waals surface area contributed by atoms with E-state index in [4.69, 9.17) is 9.47 Å². The average Bonchev–Trinajstić information content (AvgIpc) is 3.20. The second kappa shape index (κ2) is 3.24. The van der Waals surface area contributed by atoms with E-state index in [1.54, 1.807) is 0 Å². The van der Waals surface area contributed by atoms with Crippen LogP contribution in [-0.2, 0) is 19.1 Å². The molecule has 0 heterocycles. The second-order valence-corrected chi connectivity index (χ2v) is 5.74. The molecule has 2 unspecified atom stereocenters. The monoisotopic (exact) mass is 238 g/mol. The SMILES string of the molecule is COC(=O)C12CCC(C(=O)OC)(CC1)C1CC12. The molecule has 0 N–H and O–H groups in total. The molecule has 4 heteroatoms. The van der Waals surface area contributed by atoms with Gasteiger partial charge in [-0.2, -0.15) is 0 Å². The lowest BCUT2D eigenvalue weighted by Crippen LogP contribution is -2.52. The Bertz CT molecular complexity index is 343. The van der Waals surface area contributed by atoms with Crippen LogP contribution in [0.1, 0.15) is 32.1 Å². The van der Waals surface area contributed by atoms with E-state index in [0.29, 0.717) is 11.8 Å². The quantitative estimate of drug-likeness (QED) is 0.685. The molecule has 2 atom stereocenters. The maximum atomic E-state index is 12.0. The van der Waals surface area contributed by atoms with E-state index < -0.39 is 0 Å². The number of rotatable bonds is 2. The molecule has 4 aliphatic carbocycles. The molecule has 0 spiro atoms. The van der Waals surface area contributed by atoms with Crippen molar-refractivity contribution in [3.8, 4) is 0 Å². The van der Waals surface area contributed by atoms with Gasteiger partial charge in [0, 0.05) is 0 Å². The topological polar surface area (TPSA) is 52.6 Å². The number of carbonyl (C=O) groups is 2. The summed E-state index contributed by atoms with van der Waals surface area (Å²) in [5, 5.41) is 0. The molecule has 4 saturated carbocycles. The highest BCUT2D eigenvalue weighted by molar-refractivity contribution is 5.83. The van der Waals surface area contributed by atoms with E-state index >= 15 is 0 Å². The summed E-state index contributed by atoms with van der Waals surface area (Å²) in [5.41, 5.74) is -0.565. The first-order chi connectivity index (χ1) is 8.10. The number of fused-ring (bicyclic) bond motifs is 2. The zero-order valence-corrected chi connectivity index (χ0v) is 10.3. The lowest BCUT2D eigenvalue weighted by molar-refractivity contribution is -0.176. The van der Waals surface area contributed by atoms with Crippen LogP contribution in [0.5, 0.6) is 0 Å². The average molecular weight is 238 g/mol. The maximum absolute atomic E-state index is 12.0. The van der Waals surface area contributed by atoms with Crippen LogP contribution in [0.25, 0.3) is 0 Å². The summed E-state index contributed by atoms with van der Waals surface area (Å²) in [5.74, 6) is 0.583. The van der Waals surface area contributed by atoms with Gasteiger partial charge in [-0.1, -0.05) is 0 Å². The van der Waals surface area contributed by atoms with Gasteiger partial charge in [0.15, 0.2) is 0 Å². The van der Waals surface area contributed by atoms with Crippen LogP contribution < -0.4 is 0 Å². The van der Waals surface area contributed by atoms with Crippen LogP contribution >= 0.6 is 0 Å². The summed E-state index contributed by atoms with van der Waals surface area (Å²) >= 11 is 0. The van der Waals surface area contributed by atoms with Gasteiger partial charge in [0.2, 0.25) is 0 Å². The lowest BCUT2D eigenvalue weighted by atomic mass is 9.53. The van der Waals surface area contributed by atoms with E-state index in [-0.39, 0.29) is 22.8 Å². The van der Waals surface area contributed by atoms with Gasteiger partial charge < -0.3 is 9.47 Å². The highest BCUT2D eigenvalue weighted by Gasteiger charge is 2.73. The number of hydrogen-bond acceptors (Lipinski definition) is 4. The molecule has 94 valence electrons. The summed E-state index contributed by atoms with van der Waals surface area (Å²) in [6.07, 6.45) is 4.14. The molecule has 4 nitrogen and oxygen atoms in total. The minimum absolute atomic E-state index is 0.0665. The Kier molecular flexibility index (Phi) is 2.11. The van der Waals surface area contributed by atoms with Crippen molar-refractivity contribution < 1.29 is 19.1 Å². The first-order valence-electron chi connectivity index (χ1n) is 6.27. The molecular weight excluding hydrogens is 220 g/mol. The van der Waals surface area contributed by atoms with E-state index in [9.17, 15) is 9.59 Å². The van der Waals surface area contributed by atoms with Crippen molar-refractivity contribution in [1.82, 2.24) is 0 Å². The van der Waals surface area contributed by atoms with Crippen molar-refractivity contribution in [2.45, 2.75) is 32.1 Å². The Morgan fingerprint density at radius 2 is 1.24 bits per heavy atom. The molecule has 2 bridgehead atoms. The third kappa shape index (κ3) is 1.14. The van der Waals surface area contributed by atoms with Gasteiger partial charge >= 0.3 is 11.9 Å². The number of methoxy groups -OCH3 is 2. The fourth-order valence-corrected chi connectivity index (χ4v) is 4.42. The predicted octanol–water partition coefficient (Wildman–Crippen LogP) is 1.53. The van der Waals surface area contributed by atoms with Crippen molar-refractivity contribution in [2.75, 3.05) is 14.2 Å². The summed E-state index contributed by atoms with van der Waals surface area (Å²) in [6.45, 7) is 0. The smallest absolute Gasteiger partial charge is 0.312 e. The minimum atomic E-state index is -0.283. The molecule has 0 amide bonds. The Morgan fingerprint density at radius 1 is 0.882 bits per heavy atom. The number of esters is 2. The van der Waals surface area contributed by atoms with Crippen LogP contribution in [0.3, 0.4) is 0 Å². The zero-order chi connectivity index (χ0) is 12.3. The van der Waals surface area contributed by atoms with E-state index in [2.05, 4.69) is 0 Å². The maximum Gasteiger partial charge on any atom is 0.312 e. The first-order valence-corrected chi connectivity index (χ1v) is 6.27. The number of hydrogen-bond donors (Lipinski definition) is 0. The molecule has 0 aromatic heterocycles. The van der Waals surface area contributed by atoms with Gasteiger partial charge in [-0.15, -0.1) is 0 Å². The molecule has 0 aromatic carbocycles. The van der Waals surface area contributed by atoms with E-state index in [0.717, 1.165) is 32.1 Å².